The van der Waals surface area contributed by atoms with E-state index in [0.717, 1.165) is 0 Å². The van der Waals surface area contributed by atoms with Gasteiger partial charge < -0.3 is 10.2 Å². The molecule has 7 nitrogen and oxygen atoms in total. The number of nitrogens with one attached hydrogen (secondary N) is 1. The van der Waals surface area contributed by atoms with Crippen molar-refractivity contribution >= 4 is 23.5 Å². The van der Waals surface area contributed by atoms with E-state index in [2.05, 4.69) is 25.3 Å². The summed E-state index contributed by atoms with van der Waals surface area (Å²) < 4.78 is 15.0. The molecule has 0 amide bonds. The number of anilines is 2. The van der Waals surface area contributed by atoms with Crippen LogP contribution in [0.25, 0.3) is 0 Å². The van der Waals surface area contributed by atoms with Crippen LogP contribution in [0.1, 0.15) is 18.5 Å². The van der Waals surface area contributed by atoms with Crippen LogP contribution in [0.15, 0.2) is 29.7 Å². The molecule has 1 saturated heterocycles. The quantitative estimate of drug-likeness (QED) is 0.642. The van der Waals surface area contributed by atoms with Crippen molar-refractivity contribution in [2.45, 2.75) is 23.7 Å². The smallest absolute Gasteiger partial charge is 0.226 e. The van der Waals surface area contributed by atoms with E-state index in [0.29, 0.717) is 48.5 Å². The number of hydrogen-bond donors (Lipinski definition) is 1. The highest BCUT2D eigenvalue weighted by Crippen LogP contribution is 2.28. The molecule has 0 radical (unpaired) electrons. The van der Waals surface area contributed by atoms with Crippen LogP contribution in [0.4, 0.5) is 16.2 Å². The summed E-state index contributed by atoms with van der Waals surface area (Å²) in [5.41, 5.74) is -0.995. The Morgan fingerprint density at radius 1 is 1.28 bits per heavy atom. The SMILES string of the molecule is CSc1nccc(NCC2(F)CCN(c3nccc(C#N)n3)CC2)n1. The molecule has 0 aliphatic carbocycles. The van der Waals surface area contributed by atoms with Gasteiger partial charge in [0.2, 0.25) is 5.95 Å². The van der Waals surface area contributed by atoms with E-state index in [4.69, 9.17) is 5.26 Å². The Kier molecular flexibility index (Phi) is 5.28. The van der Waals surface area contributed by atoms with Crippen LogP contribution in [-0.2, 0) is 0 Å². The van der Waals surface area contributed by atoms with Crippen LogP contribution in [0.5, 0.6) is 0 Å². The zero-order valence-corrected chi connectivity index (χ0v) is 14.6. The second-order valence-corrected chi connectivity index (χ2v) is 6.55. The molecule has 3 heterocycles. The van der Waals surface area contributed by atoms with Crippen LogP contribution in [0.2, 0.25) is 0 Å². The Balaban J connectivity index is 1.57. The molecule has 0 bridgehead atoms. The topological polar surface area (TPSA) is 90.6 Å². The standard InChI is InChI=1S/C16H18FN7S/c1-25-15-20-7-3-13(23-15)21-11-16(17)4-8-24(9-5-16)14-19-6-2-12(10-18)22-14/h2-3,6-7H,4-5,8-9,11H2,1H3,(H,20,21,23). The molecule has 1 fully saturated rings. The summed E-state index contributed by atoms with van der Waals surface area (Å²) in [4.78, 5) is 18.7. The first-order chi connectivity index (χ1) is 12.1. The Bertz CT molecular complexity index is 771. The Morgan fingerprint density at radius 2 is 2.04 bits per heavy atom. The van der Waals surface area contributed by atoms with Gasteiger partial charge >= 0.3 is 0 Å². The summed E-state index contributed by atoms with van der Waals surface area (Å²) >= 11 is 1.44. The number of alkyl halides is 1. The Morgan fingerprint density at radius 3 is 2.76 bits per heavy atom. The van der Waals surface area contributed by atoms with Crippen molar-refractivity contribution in [3.63, 3.8) is 0 Å². The van der Waals surface area contributed by atoms with Crippen molar-refractivity contribution in [1.82, 2.24) is 19.9 Å². The summed E-state index contributed by atoms with van der Waals surface area (Å²) in [6, 6.07) is 5.29. The third kappa shape index (κ3) is 4.33. The minimum atomic E-state index is -1.31. The van der Waals surface area contributed by atoms with Crippen molar-refractivity contribution in [3.05, 3.63) is 30.2 Å². The van der Waals surface area contributed by atoms with Crippen LogP contribution in [0, 0.1) is 11.3 Å². The first kappa shape index (κ1) is 17.4. The monoisotopic (exact) mass is 359 g/mol. The fraction of sp³-hybridized carbons (Fsp3) is 0.438. The molecular weight excluding hydrogens is 341 g/mol. The summed E-state index contributed by atoms with van der Waals surface area (Å²) in [5.74, 6) is 1.11. The van der Waals surface area contributed by atoms with Gasteiger partial charge in [-0.05, 0) is 18.4 Å². The lowest BCUT2D eigenvalue weighted by Gasteiger charge is -2.36. The molecule has 25 heavy (non-hydrogen) atoms. The highest BCUT2D eigenvalue weighted by atomic mass is 32.2. The highest BCUT2D eigenvalue weighted by molar-refractivity contribution is 7.98. The third-order valence-electron chi connectivity index (χ3n) is 4.10. The maximum atomic E-state index is 15.0. The molecule has 9 heteroatoms. The predicted octanol–water partition coefficient (Wildman–Crippen LogP) is 2.28. The normalized spacial score (nSPS) is 16.3. The molecule has 0 spiro atoms. The van der Waals surface area contributed by atoms with Crippen LogP contribution in [0.3, 0.4) is 0 Å². The fourth-order valence-electron chi connectivity index (χ4n) is 2.63. The number of aromatic nitrogens is 4. The summed E-state index contributed by atoms with van der Waals surface area (Å²) in [5, 5.41) is 12.6. The van der Waals surface area contributed by atoms with Crippen molar-refractivity contribution in [1.29, 1.82) is 5.26 Å². The molecule has 0 saturated carbocycles. The molecule has 2 aromatic heterocycles. The van der Waals surface area contributed by atoms with Crippen molar-refractivity contribution < 1.29 is 4.39 Å². The van der Waals surface area contributed by atoms with E-state index in [1.807, 2.05) is 17.2 Å². The molecule has 0 unspecified atom stereocenters. The van der Waals surface area contributed by atoms with Gasteiger partial charge in [0.1, 0.15) is 23.2 Å². The van der Waals surface area contributed by atoms with Gasteiger partial charge in [-0.15, -0.1) is 0 Å². The number of nitriles is 1. The zero-order chi connectivity index (χ0) is 17.7. The van der Waals surface area contributed by atoms with Crippen LogP contribution >= 0.6 is 11.8 Å². The molecule has 1 N–H and O–H groups in total. The van der Waals surface area contributed by atoms with Gasteiger partial charge in [-0.1, -0.05) is 11.8 Å². The maximum Gasteiger partial charge on any atom is 0.226 e. The molecule has 1 aliphatic heterocycles. The van der Waals surface area contributed by atoms with Gasteiger partial charge in [-0.25, -0.2) is 24.3 Å². The molecule has 130 valence electrons. The second kappa shape index (κ2) is 7.61. The van der Waals surface area contributed by atoms with Gasteiger partial charge in [0.25, 0.3) is 0 Å². The molecule has 3 rings (SSSR count). The van der Waals surface area contributed by atoms with E-state index >= 15 is 4.39 Å². The van der Waals surface area contributed by atoms with Crippen molar-refractivity contribution in [3.8, 4) is 6.07 Å². The van der Waals surface area contributed by atoms with E-state index in [1.165, 1.54) is 11.8 Å². The lowest BCUT2D eigenvalue weighted by Crippen LogP contribution is -2.46. The van der Waals surface area contributed by atoms with Crippen molar-refractivity contribution in [2.24, 2.45) is 0 Å². The van der Waals surface area contributed by atoms with Gasteiger partial charge in [-0.3, -0.25) is 0 Å². The van der Waals surface area contributed by atoms with E-state index < -0.39 is 5.67 Å². The molecule has 1 aliphatic rings. The number of thioether (sulfide) groups is 1. The summed E-state index contributed by atoms with van der Waals surface area (Å²) in [6.45, 7) is 1.21. The predicted molar refractivity (Wildman–Crippen MR) is 94.3 cm³/mol. The summed E-state index contributed by atoms with van der Waals surface area (Å²) in [6.07, 6.45) is 5.84. The third-order valence-corrected chi connectivity index (χ3v) is 4.66. The second-order valence-electron chi connectivity index (χ2n) is 5.77. The van der Waals surface area contributed by atoms with E-state index in [1.54, 1.807) is 24.5 Å². The molecule has 2 aromatic rings. The lowest BCUT2D eigenvalue weighted by atomic mass is 9.93. The van der Waals surface area contributed by atoms with Gasteiger partial charge in [0.05, 0.1) is 6.54 Å². The zero-order valence-electron chi connectivity index (χ0n) is 13.8. The minimum absolute atomic E-state index is 0.199. The number of hydrogen-bond acceptors (Lipinski definition) is 8. The highest BCUT2D eigenvalue weighted by Gasteiger charge is 2.35. The van der Waals surface area contributed by atoms with Crippen LogP contribution in [-0.4, -0.2) is 51.5 Å². The number of halogens is 1. The van der Waals surface area contributed by atoms with Crippen molar-refractivity contribution in [2.75, 3.05) is 36.1 Å². The number of nitrogens with zero attached hydrogens (tertiary/aromatic N) is 6. The average molecular weight is 359 g/mol. The minimum Gasteiger partial charge on any atom is -0.367 e. The molecule has 0 aromatic carbocycles. The first-order valence-electron chi connectivity index (χ1n) is 7.90. The number of rotatable bonds is 5. The molecule has 0 atom stereocenters. The lowest BCUT2D eigenvalue weighted by molar-refractivity contribution is 0.140. The molecular formula is C16H18FN7S. The summed E-state index contributed by atoms with van der Waals surface area (Å²) in [7, 11) is 0. The van der Waals surface area contributed by atoms with E-state index in [9.17, 15) is 0 Å². The maximum absolute atomic E-state index is 15.0. The Labute approximate surface area is 149 Å². The average Bonchev–Trinajstić information content (AvgIpc) is 2.67. The number of piperidine rings is 1. The largest absolute Gasteiger partial charge is 0.367 e. The van der Waals surface area contributed by atoms with Crippen LogP contribution < -0.4 is 10.2 Å². The first-order valence-corrected chi connectivity index (χ1v) is 9.12. The Hall–Kier alpha value is -2.47. The van der Waals surface area contributed by atoms with Gasteiger partial charge in [0, 0.05) is 38.3 Å². The van der Waals surface area contributed by atoms with Gasteiger partial charge in [-0.2, -0.15) is 5.26 Å². The van der Waals surface area contributed by atoms with Gasteiger partial charge in [0.15, 0.2) is 5.16 Å². The van der Waals surface area contributed by atoms with E-state index in [-0.39, 0.29) is 6.54 Å². The fourth-order valence-corrected chi connectivity index (χ4v) is 2.99.